The number of aromatic nitrogens is 2. The first-order valence-electron chi connectivity index (χ1n) is 5.18. The van der Waals surface area contributed by atoms with Crippen LogP contribution >= 0.6 is 54.5 Å². The summed E-state index contributed by atoms with van der Waals surface area (Å²) in [5, 5.41) is 0. The number of halogens is 3. The highest BCUT2D eigenvalue weighted by atomic mass is 127. The Labute approximate surface area is 135 Å². The zero-order chi connectivity index (χ0) is 13.4. The molecule has 2 heterocycles. The van der Waals surface area contributed by atoms with E-state index in [-0.39, 0.29) is 5.92 Å². The number of hydrogen-bond donors (Lipinski definition) is 1. The van der Waals surface area contributed by atoms with E-state index in [0.717, 1.165) is 13.7 Å². The normalized spacial score (nSPS) is 11.2. The van der Waals surface area contributed by atoms with Gasteiger partial charge in [0.25, 0.3) is 0 Å². The van der Waals surface area contributed by atoms with E-state index < -0.39 is 0 Å². The van der Waals surface area contributed by atoms with Crippen molar-refractivity contribution in [1.29, 1.82) is 0 Å². The minimum atomic E-state index is 0.280. The van der Waals surface area contributed by atoms with Gasteiger partial charge in [-0.15, -0.1) is 0 Å². The van der Waals surface area contributed by atoms with Crippen molar-refractivity contribution >= 4 is 60.3 Å². The van der Waals surface area contributed by atoms with Gasteiger partial charge < -0.3 is 10.2 Å². The van der Waals surface area contributed by atoms with Crippen LogP contribution in [-0.2, 0) is 0 Å². The van der Waals surface area contributed by atoms with Gasteiger partial charge >= 0.3 is 0 Å². The molecule has 0 bridgehead atoms. The molecule has 0 aliphatic carbocycles. The number of hydrogen-bond acceptors (Lipinski definition) is 4. The molecule has 2 aromatic heterocycles. The lowest BCUT2D eigenvalue weighted by molar-refractivity contribution is 0.548. The topological polar surface area (TPSA) is 64.9 Å². The maximum Gasteiger partial charge on any atom is 0.198 e. The summed E-state index contributed by atoms with van der Waals surface area (Å²) < 4.78 is 7.85. The Morgan fingerprint density at radius 2 is 2.00 bits per heavy atom. The first-order valence-corrected chi connectivity index (χ1v) is 7.84. The van der Waals surface area contributed by atoms with Crippen LogP contribution in [0, 0.1) is 3.57 Å². The van der Waals surface area contributed by atoms with Crippen molar-refractivity contribution in [2.24, 2.45) is 0 Å². The Kier molecular flexibility index (Phi) is 4.32. The van der Waals surface area contributed by atoms with Crippen molar-refractivity contribution in [1.82, 2.24) is 9.97 Å². The quantitative estimate of drug-likeness (QED) is 0.631. The predicted octanol–water partition coefficient (Wildman–Crippen LogP) is 4.57. The van der Waals surface area contributed by atoms with Crippen molar-refractivity contribution in [3.8, 4) is 11.6 Å². The van der Waals surface area contributed by atoms with Crippen LogP contribution in [0.3, 0.4) is 0 Å². The second kappa shape index (κ2) is 5.46. The van der Waals surface area contributed by atoms with Crippen LogP contribution in [0.1, 0.15) is 25.5 Å². The SMILES string of the molecule is CC(C)c1nc(-c2cc(Br)c(Br)o2)nc(N)c1I. The van der Waals surface area contributed by atoms with Crippen molar-refractivity contribution in [2.45, 2.75) is 19.8 Å². The van der Waals surface area contributed by atoms with E-state index in [2.05, 4.69) is 78.3 Å². The average molecular weight is 487 g/mol. The van der Waals surface area contributed by atoms with Crippen LogP contribution in [0.5, 0.6) is 0 Å². The summed E-state index contributed by atoms with van der Waals surface area (Å²) in [6.45, 7) is 4.14. The Bertz CT molecular complexity index is 579. The molecule has 2 N–H and O–H groups in total. The van der Waals surface area contributed by atoms with Gasteiger partial charge in [-0.3, -0.25) is 0 Å². The fourth-order valence-electron chi connectivity index (χ4n) is 1.43. The van der Waals surface area contributed by atoms with Gasteiger partial charge in [0.15, 0.2) is 16.3 Å². The van der Waals surface area contributed by atoms with E-state index in [1.807, 2.05) is 6.07 Å². The molecule has 0 atom stereocenters. The van der Waals surface area contributed by atoms with Crippen LogP contribution in [0.4, 0.5) is 5.82 Å². The van der Waals surface area contributed by atoms with Crippen molar-refractivity contribution in [3.05, 3.63) is 24.5 Å². The van der Waals surface area contributed by atoms with Gasteiger partial charge in [-0.2, -0.15) is 0 Å². The number of nitrogen functional groups attached to an aromatic ring is 1. The highest BCUT2D eigenvalue weighted by Crippen LogP contribution is 2.33. The molecule has 0 radical (unpaired) electrons. The molecule has 18 heavy (non-hydrogen) atoms. The average Bonchev–Trinajstić information content (AvgIpc) is 2.62. The highest BCUT2D eigenvalue weighted by Gasteiger charge is 2.17. The number of furan rings is 1. The van der Waals surface area contributed by atoms with E-state index in [9.17, 15) is 0 Å². The molecule has 0 aromatic carbocycles. The van der Waals surface area contributed by atoms with E-state index in [0.29, 0.717) is 22.1 Å². The lowest BCUT2D eigenvalue weighted by Gasteiger charge is -2.10. The molecule has 2 aromatic rings. The number of nitrogens with two attached hydrogens (primary N) is 1. The van der Waals surface area contributed by atoms with Gasteiger partial charge in [0.1, 0.15) is 5.82 Å². The first-order chi connectivity index (χ1) is 8.40. The molecule has 0 unspecified atom stereocenters. The first kappa shape index (κ1) is 14.3. The van der Waals surface area contributed by atoms with Crippen LogP contribution in [0.15, 0.2) is 19.6 Å². The molecule has 0 saturated heterocycles. The summed E-state index contributed by atoms with van der Waals surface area (Å²) >= 11 is 8.83. The smallest absolute Gasteiger partial charge is 0.198 e. The zero-order valence-electron chi connectivity index (χ0n) is 9.67. The van der Waals surface area contributed by atoms with E-state index in [1.165, 1.54) is 0 Å². The van der Waals surface area contributed by atoms with E-state index >= 15 is 0 Å². The van der Waals surface area contributed by atoms with Crippen molar-refractivity contribution in [2.75, 3.05) is 5.73 Å². The molecule has 7 heteroatoms. The Morgan fingerprint density at radius 3 is 2.50 bits per heavy atom. The van der Waals surface area contributed by atoms with Gasteiger partial charge in [0, 0.05) is 6.07 Å². The lowest BCUT2D eigenvalue weighted by atomic mass is 10.1. The summed E-state index contributed by atoms with van der Waals surface area (Å²) in [7, 11) is 0. The molecule has 0 spiro atoms. The third kappa shape index (κ3) is 2.72. The summed E-state index contributed by atoms with van der Waals surface area (Å²) in [5.41, 5.74) is 6.85. The maximum atomic E-state index is 5.92. The molecule has 0 aliphatic rings. The Hall–Kier alpha value is -0.150. The van der Waals surface area contributed by atoms with Crippen LogP contribution in [0.2, 0.25) is 0 Å². The minimum absolute atomic E-state index is 0.280. The molecule has 0 aliphatic heterocycles. The number of nitrogens with zero attached hydrogens (tertiary/aromatic N) is 2. The highest BCUT2D eigenvalue weighted by molar-refractivity contribution is 14.1. The van der Waals surface area contributed by atoms with Gasteiger partial charge in [-0.05, 0) is 60.4 Å². The minimum Gasteiger partial charge on any atom is -0.445 e. The van der Waals surface area contributed by atoms with Gasteiger partial charge in [0.2, 0.25) is 0 Å². The van der Waals surface area contributed by atoms with Crippen molar-refractivity contribution in [3.63, 3.8) is 0 Å². The van der Waals surface area contributed by atoms with Crippen LogP contribution in [-0.4, -0.2) is 9.97 Å². The summed E-state index contributed by atoms with van der Waals surface area (Å²) in [6.07, 6.45) is 0. The molecule has 0 saturated carbocycles. The van der Waals surface area contributed by atoms with E-state index in [4.69, 9.17) is 10.2 Å². The van der Waals surface area contributed by atoms with Crippen LogP contribution in [0.25, 0.3) is 11.6 Å². The summed E-state index contributed by atoms with van der Waals surface area (Å²) in [5.74, 6) is 1.84. The van der Waals surface area contributed by atoms with E-state index in [1.54, 1.807) is 0 Å². The number of anilines is 1. The third-order valence-corrected chi connectivity index (χ3v) is 5.13. The third-order valence-electron chi connectivity index (χ3n) is 2.31. The predicted molar refractivity (Wildman–Crippen MR) is 86.4 cm³/mol. The molecule has 0 fully saturated rings. The Morgan fingerprint density at radius 1 is 1.33 bits per heavy atom. The molecular formula is C11H10Br2IN3O. The van der Waals surface area contributed by atoms with Gasteiger partial charge in [-0.1, -0.05) is 13.8 Å². The summed E-state index contributed by atoms with van der Waals surface area (Å²) in [4.78, 5) is 8.79. The number of rotatable bonds is 2. The fourth-order valence-corrected chi connectivity index (χ4v) is 2.87. The zero-order valence-corrected chi connectivity index (χ0v) is 15.0. The summed E-state index contributed by atoms with van der Waals surface area (Å²) in [6, 6.07) is 1.82. The second-order valence-corrected chi connectivity index (χ2v) is 6.67. The molecule has 4 nitrogen and oxygen atoms in total. The molecular weight excluding hydrogens is 477 g/mol. The maximum absolute atomic E-state index is 5.92. The largest absolute Gasteiger partial charge is 0.445 e. The van der Waals surface area contributed by atoms with Crippen molar-refractivity contribution < 1.29 is 4.42 Å². The van der Waals surface area contributed by atoms with Crippen LogP contribution < -0.4 is 5.73 Å². The Balaban J connectivity index is 2.58. The second-order valence-electron chi connectivity index (χ2n) is 4.02. The fraction of sp³-hybridized carbons (Fsp3) is 0.273. The lowest BCUT2D eigenvalue weighted by Crippen LogP contribution is -2.06. The standard InChI is InChI=1S/C11H10Br2IN3O/c1-4(2)8-7(14)10(15)17-11(16-8)6-3-5(12)9(13)18-6/h3-4H,1-2H3,(H2,15,16,17). The molecule has 96 valence electrons. The van der Waals surface area contributed by atoms with Gasteiger partial charge in [0.05, 0.1) is 13.7 Å². The molecule has 0 amide bonds. The van der Waals surface area contributed by atoms with Gasteiger partial charge in [-0.25, -0.2) is 9.97 Å². The molecule has 2 rings (SSSR count). The monoisotopic (exact) mass is 485 g/mol.